The predicted octanol–water partition coefficient (Wildman–Crippen LogP) is 3.07. The fraction of sp³-hybridized carbons (Fsp3) is 0.500. The molecule has 0 radical (unpaired) electrons. The first-order valence-electron chi connectivity index (χ1n) is 9.15. The summed E-state index contributed by atoms with van der Waals surface area (Å²) in [5.74, 6) is 1.25. The largest absolute Gasteiger partial charge is 0.497 e. The summed E-state index contributed by atoms with van der Waals surface area (Å²) in [5, 5.41) is 15.3. The molecule has 1 saturated carbocycles. The Morgan fingerprint density at radius 2 is 2.04 bits per heavy atom. The van der Waals surface area contributed by atoms with Crippen molar-refractivity contribution in [2.24, 2.45) is 0 Å². The number of carbonyl (C=O) groups is 1. The van der Waals surface area contributed by atoms with E-state index in [1.54, 1.807) is 25.0 Å². The molecule has 6 heteroatoms. The van der Waals surface area contributed by atoms with Crippen LogP contribution in [0.5, 0.6) is 5.75 Å². The molecule has 26 heavy (non-hydrogen) atoms. The van der Waals surface area contributed by atoms with E-state index in [-0.39, 0.29) is 17.7 Å². The molecule has 2 atom stereocenters. The number of ether oxygens (including phenoxy) is 1. The molecule has 1 aromatic heterocycles. The summed E-state index contributed by atoms with van der Waals surface area (Å²) in [6.45, 7) is 2.37. The lowest BCUT2D eigenvalue weighted by Gasteiger charge is -2.36. The van der Waals surface area contributed by atoms with Crippen molar-refractivity contribution in [3.63, 3.8) is 0 Å². The first-order valence-corrected chi connectivity index (χ1v) is 9.15. The number of likely N-dealkylation sites (tertiary alicyclic amines) is 1. The Morgan fingerprint density at radius 1 is 1.31 bits per heavy atom. The van der Waals surface area contributed by atoms with Gasteiger partial charge in [-0.3, -0.25) is 4.79 Å². The van der Waals surface area contributed by atoms with Crippen molar-refractivity contribution < 1.29 is 19.2 Å². The third kappa shape index (κ3) is 2.98. The van der Waals surface area contributed by atoms with Crippen LogP contribution in [0.15, 0.2) is 34.9 Å². The van der Waals surface area contributed by atoms with Crippen LogP contribution in [0, 0.1) is 0 Å². The Labute approximate surface area is 152 Å². The summed E-state index contributed by atoms with van der Waals surface area (Å²) in [6, 6.07) is 8.79. The van der Waals surface area contributed by atoms with Crippen LogP contribution in [-0.2, 0) is 5.60 Å². The second kappa shape index (κ2) is 6.43. The number of rotatable bonds is 5. The summed E-state index contributed by atoms with van der Waals surface area (Å²) in [6.07, 6.45) is 3.82. The highest BCUT2D eigenvalue weighted by molar-refractivity contribution is 5.92. The van der Waals surface area contributed by atoms with Gasteiger partial charge >= 0.3 is 0 Å². The standard InChI is InChI=1S/C20H24N2O4/c1-20(24,14-7-9-15(25-2)10-8-14)18-4-3-11-22(18)19(23)17-12-16(21-26-17)13-5-6-13/h7-10,12-13,18,24H,3-6,11H2,1-2H3. The van der Waals surface area contributed by atoms with E-state index in [2.05, 4.69) is 5.16 Å². The number of carbonyl (C=O) groups excluding carboxylic acids is 1. The monoisotopic (exact) mass is 356 g/mol. The molecule has 4 rings (SSSR count). The smallest absolute Gasteiger partial charge is 0.292 e. The quantitative estimate of drug-likeness (QED) is 0.891. The number of hydrogen-bond acceptors (Lipinski definition) is 5. The van der Waals surface area contributed by atoms with Crippen LogP contribution >= 0.6 is 0 Å². The molecule has 0 spiro atoms. The van der Waals surface area contributed by atoms with Gasteiger partial charge in [0.15, 0.2) is 0 Å². The van der Waals surface area contributed by atoms with Crippen molar-refractivity contribution in [3.8, 4) is 5.75 Å². The maximum Gasteiger partial charge on any atom is 0.292 e. The molecule has 2 heterocycles. The van der Waals surface area contributed by atoms with Crippen LogP contribution in [0.2, 0.25) is 0 Å². The van der Waals surface area contributed by atoms with Crippen molar-refractivity contribution in [2.45, 2.75) is 50.2 Å². The molecule has 2 aromatic rings. The van der Waals surface area contributed by atoms with Crippen LogP contribution in [0.1, 0.15) is 60.3 Å². The van der Waals surface area contributed by atoms with Crippen LogP contribution in [0.25, 0.3) is 0 Å². The van der Waals surface area contributed by atoms with E-state index in [4.69, 9.17) is 9.26 Å². The third-order valence-corrected chi connectivity index (χ3v) is 5.57. The highest BCUT2D eigenvalue weighted by atomic mass is 16.5. The van der Waals surface area contributed by atoms with Crippen LogP contribution in [0.3, 0.4) is 0 Å². The predicted molar refractivity (Wildman–Crippen MR) is 95.1 cm³/mol. The van der Waals surface area contributed by atoms with Crippen molar-refractivity contribution in [1.82, 2.24) is 10.1 Å². The molecule has 6 nitrogen and oxygen atoms in total. The van der Waals surface area contributed by atoms with Gasteiger partial charge in [-0.1, -0.05) is 17.3 Å². The average molecular weight is 356 g/mol. The highest BCUT2D eigenvalue weighted by Crippen LogP contribution is 2.40. The summed E-state index contributed by atoms with van der Waals surface area (Å²) in [5.41, 5.74) is 0.475. The maximum absolute atomic E-state index is 13.0. The lowest BCUT2D eigenvalue weighted by atomic mass is 9.86. The molecule has 1 saturated heterocycles. The van der Waals surface area contributed by atoms with Gasteiger partial charge in [0, 0.05) is 18.5 Å². The zero-order chi connectivity index (χ0) is 18.3. The van der Waals surface area contributed by atoms with Gasteiger partial charge in [0.2, 0.25) is 5.76 Å². The molecule has 1 aromatic carbocycles. The second-order valence-corrected chi connectivity index (χ2v) is 7.42. The first-order chi connectivity index (χ1) is 12.5. The van der Waals surface area contributed by atoms with Gasteiger partial charge in [0.05, 0.1) is 18.8 Å². The Balaban J connectivity index is 1.56. The summed E-state index contributed by atoms with van der Waals surface area (Å²) >= 11 is 0. The van der Waals surface area contributed by atoms with Gasteiger partial charge in [-0.2, -0.15) is 0 Å². The molecular formula is C20H24N2O4. The number of hydrogen-bond donors (Lipinski definition) is 1. The Hall–Kier alpha value is -2.34. The molecule has 0 bridgehead atoms. The van der Waals surface area contributed by atoms with Crippen molar-refractivity contribution in [1.29, 1.82) is 0 Å². The van der Waals surface area contributed by atoms with Crippen molar-refractivity contribution in [3.05, 3.63) is 47.3 Å². The Morgan fingerprint density at radius 3 is 2.69 bits per heavy atom. The summed E-state index contributed by atoms with van der Waals surface area (Å²) in [7, 11) is 1.61. The molecule has 1 aliphatic carbocycles. The van der Waals surface area contributed by atoms with Crippen molar-refractivity contribution in [2.75, 3.05) is 13.7 Å². The van der Waals surface area contributed by atoms with E-state index in [0.29, 0.717) is 12.5 Å². The fourth-order valence-corrected chi connectivity index (χ4v) is 3.82. The van der Waals surface area contributed by atoms with Gasteiger partial charge in [0.25, 0.3) is 5.91 Å². The van der Waals surface area contributed by atoms with E-state index in [1.165, 1.54) is 0 Å². The average Bonchev–Trinajstić information content (AvgIpc) is 3.18. The normalized spacial score (nSPS) is 22.3. The Bertz CT molecular complexity index is 792. The number of nitrogens with zero attached hydrogens (tertiary/aromatic N) is 2. The summed E-state index contributed by atoms with van der Waals surface area (Å²) in [4.78, 5) is 14.7. The zero-order valence-electron chi connectivity index (χ0n) is 15.1. The zero-order valence-corrected chi connectivity index (χ0v) is 15.1. The van der Waals surface area contributed by atoms with Gasteiger partial charge in [0.1, 0.15) is 11.4 Å². The maximum atomic E-state index is 13.0. The van der Waals surface area contributed by atoms with E-state index in [9.17, 15) is 9.90 Å². The topological polar surface area (TPSA) is 75.8 Å². The number of amides is 1. The van der Waals surface area contributed by atoms with Crippen LogP contribution in [-0.4, -0.2) is 40.8 Å². The van der Waals surface area contributed by atoms with Crippen LogP contribution in [0.4, 0.5) is 0 Å². The minimum Gasteiger partial charge on any atom is -0.497 e. The van der Waals surface area contributed by atoms with E-state index >= 15 is 0 Å². The van der Waals surface area contributed by atoms with E-state index < -0.39 is 5.60 Å². The number of aliphatic hydroxyl groups is 1. The minimum absolute atomic E-state index is 0.194. The van der Waals surface area contributed by atoms with Gasteiger partial charge < -0.3 is 19.3 Å². The van der Waals surface area contributed by atoms with E-state index in [1.807, 2.05) is 24.3 Å². The van der Waals surface area contributed by atoms with Crippen molar-refractivity contribution >= 4 is 5.91 Å². The first kappa shape index (κ1) is 17.1. The molecule has 1 N–H and O–H groups in total. The minimum atomic E-state index is -1.15. The molecule has 138 valence electrons. The lowest BCUT2D eigenvalue weighted by Crippen LogP contribution is -2.48. The molecule has 1 aliphatic heterocycles. The number of aromatic nitrogens is 1. The fourth-order valence-electron chi connectivity index (χ4n) is 3.82. The molecule has 2 unspecified atom stereocenters. The second-order valence-electron chi connectivity index (χ2n) is 7.42. The SMILES string of the molecule is COc1ccc(C(C)(O)C2CCCN2C(=O)c2cc(C3CC3)no2)cc1. The lowest BCUT2D eigenvalue weighted by molar-refractivity contribution is -0.0187. The van der Waals surface area contributed by atoms with Gasteiger partial charge in [-0.15, -0.1) is 0 Å². The van der Waals surface area contributed by atoms with Gasteiger partial charge in [-0.05, 0) is 50.3 Å². The van der Waals surface area contributed by atoms with Gasteiger partial charge in [-0.25, -0.2) is 0 Å². The summed E-state index contributed by atoms with van der Waals surface area (Å²) < 4.78 is 10.5. The Kier molecular flexibility index (Phi) is 4.23. The number of methoxy groups -OCH3 is 1. The molecular weight excluding hydrogens is 332 g/mol. The highest BCUT2D eigenvalue weighted by Gasteiger charge is 2.43. The molecule has 2 fully saturated rings. The molecule has 1 amide bonds. The third-order valence-electron chi connectivity index (χ3n) is 5.57. The number of benzene rings is 1. The van der Waals surface area contributed by atoms with Crippen LogP contribution < -0.4 is 4.74 Å². The van der Waals surface area contributed by atoms with E-state index in [0.717, 1.165) is 42.7 Å². The molecule has 2 aliphatic rings.